The maximum Gasteiger partial charge on any atom is 0.141 e. The van der Waals surface area contributed by atoms with Gasteiger partial charge in [-0.2, -0.15) is 0 Å². The molecule has 1 aliphatic heterocycles. The monoisotopic (exact) mass is 151 g/mol. The second-order valence-electron chi connectivity index (χ2n) is 3.37. The van der Waals surface area contributed by atoms with Gasteiger partial charge in [-0.3, -0.25) is 0 Å². The molecule has 1 aromatic heterocycles. The van der Waals surface area contributed by atoms with Crippen LogP contribution in [0.2, 0.25) is 0 Å². The van der Waals surface area contributed by atoms with E-state index in [-0.39, 0.29) is 0 Å². The topological polar surface area (TPSA) is 43.8 Å². The molecule has 0 fully saturated rings. The molecule has 2 rings (SSSR count). The number of nitrogens with two attached hydrogens (primary N) is 1. The normalized spacial score (nSPS) is 23.2. The average Bonchev–Trinajstić information content (AvgIpc) is 2.27. The van der Waals surface area contributed by atoms with E-state index >= 15 is 0 Å². The number of fused-ring (bicyclic) bond motifs is 1. The second-order valence-corrected chi connectivity index (χ2v) is 3.37. The van der Waals surface area contributed by atoms with E-state index in [1.54, 1.807) is 0 Å². The largest absolute Gasteiger partial charge is 0.382 e. The van der Waals surface area contributed by atoms with Gasteiger partial charge in [0.25, 0.3) is 0 Å². The van der Waals surface area contributed by atoms with E-state index in [1.165, 1.54) is 6.42 Å². The molecule has 1 aromatic rings. The van der Waals surface area contributed by atoms with Crippen molar-refractivity contribution in [2.75, 3.05) is 5.73 Å². The summed E-state index contributed by atoms with van der Waals surface area (Å²) in [6.07, 6.45) is 4.27. The highest BCUT2D eigenvalue weighted by Gasteiger charge is 2.15. The summed E-state index contributed by atoms with van der Waals surface area (Å²) in [7, 11) is 0. The predicted octanol–water partition coefficient (Wildman–Crippen LogP) is 1.05. The van der Waals surface area contributed by atoms with Crippen LogP contribution in [0.25, 0.3) is 0 Å². The van der Waals surface area contributed by atoms with Crippen LogP contribution in [0.15, 0.2) is 6.20 Å². The van der Waals surface area contributed by atoms with Crippen LogP contribution >= 0.6 is 0 Å². The number of imidazole rings is 1. The molecular formula is C8H13N3. The molecule has 2 N–H and O–H groups in total. The number of hydrogen-bond acceptors (Lipinski definition) is 2. The van der Waals surface area contributed by atoms with Crippen molar-refractivity contribution >= 4 is 5.82 Å². The Balaban J connectivity index is 2.34. The van der Waals surface area contributed by atoms with E-state index in [4.69, 9.17) is 5.73 Å². The van der Waals surface area contributed by atoms with Crippen LogP contribution in [-0.2, 0) is 13.0 Å². The molecule has 2 heterocycles. The summed E-state index contributed by atoms with van der Waals surface area (Å²) in [6.45, 7) is 3.34. The average molecular weight is 151 g/mol. The number of hydrogen-bond donors (Lipinski definition) is 1. The quantitative estimate of drug-likeness (QED) is 0.602. The highest BCUT2D eigenvalue weighted by Crippen LogP contribution is 2.19. The standard InChI is InChI=1S/C8H13N3/c1-6-2-3-11-5-7(9)10-8(11)4-6/h5-6H,2-4,9H2,1H3/t6-/m1/s1. The van der Waals surface area contributed by atoms with Gasteiger partial charge in [0.2, 0.25) is 0 Å². The summed E-state index contributed by atoms with van der Waals surface area (Å²) >= 11 is 0. The first-order valence-corrected chi connectivity index (χ1v) is 4.07. The third-order valence-electron chi connectivity index (χ3n) is 2.27. The van der Waals surface area contributed by atoms with E-state index in [2.05, 4.69) is 16.5 Å². The Morgan fingerprint density at radius 3 is 3.36 bits per heavy atom. The zero-order valence-electron chi connectivity index (χ0n) is 6.75. The highest BCUT2D eigenvalue weighted by molar-refractivity contribution is 5.26. The number of aryl methyl sites for hydroxylation is 1. The Labute approximate surface area is 66.2 Å². The second kappa shape index (κ2) is 2.26. The summed E-state index contributed by atoms with van der Waals surface area (Å²) < 4.78 is 2.16. The number of rotatable bonds is 0. The molecule has 0 amide bonds. The van der Waals surface area contributed by atoms with Gasteiger partial charge in [-0.05, 0) is 12.3 Å². The molecule has 60 valence electrons. The van der Waals surface area contributed by atoms with E-state index in [0.717, 1.165) is 24.7 Å². The van der Waals surface area contributed by atoms with Crippen molar-refractivity contribution in [2.45, 2.75) is 26.3 Å². The third-order valence-corrected chi connectivity index (χ3v) is 2.27. The molecule has 0 aromatic carbocycles. The van der Waals surface area contributed by atoms with Crippen molar-refractivity contribution in [3.63, 3.8) is 0 Å². The van der Waals surface area contributed by atoms with Crippen LogP contribution < -0.4 is 5.73 Å². The lowest BCUT2D eigenvalue weighted by atomic mass is 10.0. The van der Waals surface area contributed by atoms with Crippen molar-refractivity contribution in [3.8, 4) is 0 Å². The van der Waals surface area contributed by atoms with Gasteiger partial charge in [0.1, 0.15) is 11.6 Å². The van der Waals surface area contributed by atoms with Gasteiger partial charge >= 0.3 is 0 Å². The maximum atomic E-state index is 5.57. The Bertz CT molecular complexity index is 264. The van der Waals surface area contributed by atoms with Gasteiger partial charge in [-0.15, -0.1) is 0 Å². The minimum absolute atomic E-state index is 0.661. The summed E-state index contributed by atoms with van der Waals surface area (Å²) in [5, 5.41) is 0. The van der Waals surface area contributed by atoms with E-state index in [9.17, 15) is 0 Å². The first kappa shape index (κ1) is 6.70. The van der Waals surface area contributed by atoms with Crippen molar-refractivity contribution in [1.29, 1.82) is 0 Å². The summed E-state index contributed by atoms with van der Waals surface area (Å²) in [4.78, 5) is 4.24. The number of nitrogens with zero attached hydrogens (tertiary/aromatic N) is 2. The smallest absolute Gasteiger partial charge is 0.141 e. The molecule has 1 aliphatic rings. The Hall–Kier alpha value is -0.990. The summed E-state index contributed by atoms with van der Waals surface area (Å²) in [5.74, 6) is 2.58. The minimum atomic E-state index is 0.661. The Kier molecular flexibility index (Phi) is 1.37. The maximum absolute atomic E-state index is 5.57. The number of anilines is 1. The van der Waals surface area contributed by atoms with Crippen molar-refractivity contribution in [1.82, 2.24) is 9.55 Å². The highest BCUT2D eigenvalue weighted by atomic mass is 15.1. The Morgan fingerprint density at radius 1 is 1.73 bits per heavy atom. The zero-order valence-corrected chi connectivity index (χ0v) is 6.75. The summed E-state index contributed by atoms with van der Waals surface area (Å²) in [6, 6.07) is 0. The molecular weight excluding hydrogens is 138 g/mol. The van der Waals surface area contributed by atoms with Gasteiger partial charge in [-0.25, -0.2) is 4.98 Å². The third kappa shape index (κ3) is 1.11. The van der Waals surface area contributed by atoms with E-state index in [1.807, 2.05) is 6.20 Å². The first-order chi connectivity index (χ1) is 5.25. The van der Waals surface area contributed by atoms with Crippen LogP contribution in [-0.4, -0.2) is 9.55 Å². The zero-order chi connectivity index (χ0) is 7.84. The van der Waals surface area contributed by atoms with Crippen LogP contribution in [0.1, 0.15) is 19.2 Å². The molecule has 11 heavy (non-hydrogen) atoms. The van der Waals surface area contributed by atoms with Crippen molar-refractivity contribution in [2.24, 2.45) is 5.92 Å². The molecule has 1 atom stereocenters. The molecule has 0 saturated carbocycles. The van der Waals surface area contributed by atoms with Crippen LogP contribution in [0.5, 0.6) is 0 Å². The van der Waals surface area contributed by atoms with Crippen LogP contribution in [0, 0.1) is 5.92 Å². The number of aromatic nitrogens is 2. The molecule has 0 radical (unpaired) electrons. The molecule has 0 unspecified atom stereocenters. The van der Waals surface area contributed by atoms with Crippen molar-refractivity contribution < 1.29 is 0 Å². The molecule has 0 saturated heterocycles. The van der Waals surface area contributed by atoms with Gasteiger partial charge in [0, 0.05) is 19.2 Å². The van der Waals surface area contributed by atoms with Gasteiger partial charge < -0.3 is 10.3 Å². The molecule has 3 nitrogen and oxygen atoms in total. The predicted molar refractivity (Wildman–Crippen MR) is 44.1 cm³/mol. The SMILES string of the molecule is C[C@@H]1CCn2cc(N)nc2C1. The molecule has 0 spiro atoms. The van der Waals surface area contributed by atoms with Gasteiger partial charge in [0.15, 0.2) is 0 Å². The molecule has 0 aliphatic carbocycles. The van der Waals surface area contributed by atoms with Gasteiger partial charge in [0.05, 0.1) is 0 Å². The fraction of sp³-hybridized carbons (Fsp3) is 0.625. The fourth-order valence-electron chi connectivity index (χ4n) is 1.61. The summed E-state index contributed by atoms with van der Waals surface area (Å²) in [5.41, 5.74) is 5.57. The van der Waals surface area contributed by atoms with Gasteiger partial charge in [-0.1, -0.05) is 6.92 Å². The first-order valence-electron chi connectivity index (χ1n) is 4.07. The van der Waals surface area contributed by atoms with Crippen LogP contribution in [0.3, 0.4) is 0 Å². The lowest BCUT2D eigenvalue weighted by molar-refractivity contribution is 0.409. The van der Waals surface area contributed by atoms with E-state index < -0.39 is 0 Å². The fourth-order valence-corrected chi connectivity index (χ4v) is 1.61. The Morgan fingerprint density at radius 2 is 2.55 bits per heavy atom. The van der Waals surface area contributed by atoms with Crippen molar-refractivity contribution in [3.05, 3.63) is 12.0 Å². The van der Waals surface area contributed by atoms with E-state index in [0.29, 0.717) is 5.82 Å². The lowest BCUT2D eigenvalue weighted by Crippen LogP contribution is -2.16. The molecule has 3 heteroatoms. The van der Waals surface area contributed by atoms with Crippen LogP contribution in [0.4, 0.5) is 5.82 Å². The molecule has 0 bridgehead atoms. The minimum Gasteiger partial charge on any atom is -0.382 e. The lowest BCUT2D eigenvalue weighted by Gasteiger charge is -2.18. The number of nitrogen functional groups attached to an aromatic ring is 1.